The van der Waals surface area contributed by atoms with Crippen molar-refractivity contribution < 1.29 is 10.2 Å². The molecule has 3 aliphatic carbocycles. The molecule has 0 aromatic carbocycles. The number of hydrogen-bond acceptors (Lipinski definition) is 2. The molecule has 0 aromatic rings. The molecular formula is C26H44O2. The Morgan fingerprint density at radius 2 is 1.89 bits per heavy atom. The molecule has 0 saturated heterocycles. The van der Waals surface area contributed by atoms with Crippen LogP contribution in [-0.2, 0) is 0 Å². The summed E-state index contributed by atoms with van der Waals surface area (Å²) in [5.41, 5.74) is 3.48. The molecule has 0 aromatic heterocycles. The van der Waals surface area contributed by atoms with Gasteiger partial charge in [0.15, 0.2) is 0 Å². The first-order valence-corrected chi connectivity index (χ1v) is 12.1. The zero-order valence-electron chi connectivity index (χ0n) is 18.8. The van der Waals surface area contributed by atoms with Gasteiger partial charge in [-0.3, -0.25) is 0 Å². The van der Waals surface area contributed by atoms with E-state index in [2.05, 4.69) is 32.9 Å². The zero-order valence-corrected chi connectivity index (χ0v) is 18.8. The van der Waals surface area contributed by atoms with E-state index in [4.69, 9.17) is 0 Å². The fraction of sp³-hybridized carbons (Fsp3) is 0.846. The lowest BCUT2D eigenvalue weighted by atomic mass is 9.60. The van der Waals surface area contributed by atoms with Crippen LogP contribution in [0.15, 0.2) is 23.3 Å². The van der Waals surface area contributed by atoms with E-state index >= 15 is 0 Å². The molecule has 3 aliphatic rings. The number of unbranched alkanes of at least 4 members (excludes halogenated alkanes) is 1. The van der Waals surface area contributed by atoms with E-state index in [-0.39, 0.29) is 12.0 Å². The minimum Gasteiger partial charge on any atom is -0.393 e. The molecule has 3 saturated carbocycles. The first kappa shape index (κ1) is 22.1. The third kappa shape index (κ3) is 4.59. The van der Waals surface area contributed by atoms with Crippen molar-refractivity contribution in [3.8, 4) is 0 Å². The van der Waals surface area contributed by atoms with Gasteiger partial charge in [0.2, 0.25) is 0 Å². The highest BCUT2D eigenvalue weighted by atomic mass is 16.3. The lowest BCUT2D eigenvalue weighted by molar-refractivity contribution is 0.0275. The summed E-state index contributed by atoms with van der Waals surface area (Å²) in [5.74, 6) is 2.48. The average molecular weight is 389 g/mol. The monoisotopic (exact) mass is 388 g/mol. The minimum atomic E-state index is -0.408. The Morgan fingerprint density at radius 1 is 1.11 bits per heavy atom. The highest BCUT2D eigenvalue weighted by Gasteiger charge is 2.50. The summed E-state index contributed by atoms with van der Waals surface area (Å²) in [6.07, 6.45) is 17.2. The average Bonchev–Trinajstić information content (AvgIpc) is 2.98. The second kappa shape index (κ2) is 9.47. The Hall–Kier alpha value is -0.600. The van der Waals surface area contributed by atoms with Gasteiger partial charge in [-0.25, -0.2) is 0 Å². The molecule has 0 spiro atoms. The van der Waals surface area contributed by atoms with Crippen molar-refractivity contribution in [1.29, 1.82) is 0 Å². The van der Waals surface area contributed by atoms with Crippen molar-refractivity contribution in [2.45, 2.75) is 111 Å². The number of rotatable bonds is 5. The lowest BCUT2D eigenvalue weighted by Gasteiger charge is -2.44. The summed E-state index contributed by atoms with van der Waals surface area (Å²) < 4.78 is 0. The van der Waals surface area contributed by atoms with Crippen LogP contribution in [0.25, 0.3) is 0 Å². The molecule has 2 unspecified atom stereocenters. The molecule has 0 heterocycles. The highest BCUT2D eigenvalue weighted by Crippen LogP contribution is 2.59. The van der Waals surface area contributed by atoms with Gasteiger partial charge < -0.3 is 10.2 Å². The van der Waals surface area contributed by atoms with Crippen molar-refractivity contribution in [3.63, 3.8) is 0 Å². The standard InChI is InChI=1S/C26H44O2/c1-5-6-8-18(2)22-13-14-23-21(9-7-16-26(22,23)4)12-10-20-11-15-24(27)19(3)25(28)17-20/h10,12,18-19,22-25,27-28H,5-9,11,13-17H2,1-4H3/b20-10+,21-12+/t18-,19+,22?,23?,24+,25+,26+/m0/s1. The maximum absolute atomic E-state index is 10.4. The van der Waals surface area contributed by atoms with Gasteiger partial charge >= 0.3 is 0 Å². The molecule has 2 N–H and O–H groups in total. The molecule has 0 radical (unpaired) electrons. The van der Waals surface area contributed by atoms with Crippen molar-refractivity contribution in [2.75, 3.05) is 0 Å². The van der Waals surface area contributed by atoms with Gasteiger partial charge in [-0.15, -0.1) is 0 Å². The number of aliphatic hydroxyl groups excluding tert-OH is 2. The number of allylic oxidation sites excluding steroid dienone is 3. The van der Waals surface area contributed by atoms with Crippen LogP contribution in [0.1, 0.15) is 98.3 Å². The second-order valence-corrected chi connectivity index (χ2v) is 10.5. The summed E-state index contributed by atoms with van der Waals surface area (Å²) in [7, 11) is 0. The van der Waals surface area contributed by atoms with Crippen LogP contribution >= 0.6 is 0 Å². The van der Waals surface area contributed by atoms with Gasteiger partial charge in [-0.05, 0) is 74.5 Å². The van der Waals surface area contributed by atoms with Crippen molar-refractivity contribution in [2.24, 2.45) is 29.1 Å². The Balaban J connectivity index is 1.73. The Morgan fingerprint density at radius 3 is 2.64 bits per heavy atom. The van der Waals surface area contributed by atoms with Crippen LogP contribution < -0.4 is 0 Å². The summed E-state index contributed by atoms with van der Waals surface area (Å²) in [5, 5.41) is 20.5. The Bertz CT molecular complexity index is 577. The quantitative estimate of drug-likeness (QED) is 0.533. The SMILES string of the molecule is CCCC[C@H](C)C1CCC2/C(=C/C=C3\CC[C@@H](O)[C@@H](C)[C@H](O)C3)CCC[C@@]21C. The van der Waals surface area contributed by atoms with Gasteiger partial charge in [0.1, 0.15) is 0 Å². The Labute approximate surface area is 173 Å². The molecule has 0 bridgehead atoms. The van der Waals surface area contributed by atoms with Crippen LogP contribution in [0.3, 0.4) is 0 Å². The molecule has 160 valence electrons. The van der Waals surface area contributed by atoms with E-state index in [1.807, 2.05) is 6.92 Å². The second-order valence-electron chi connectivity index (χ2n) is 10.5. The normalized spacial score (nSPS) is 43.1. The fourth-order valence-corrected chi connectivity index (χ4v) is 6.73. The lowest BCUT2D eigenvalue weighted by Crippen LogP contribution is -2.36. The van der Waals surface area contributed by atoms with E-state index in [1.165, 1.54) is 56.9 Å². The first-order chi connectivity index (χ1) is 13.4. The van der Waals surface area contributed by atoms with Crippen LogP contribution in [0.2, 0.25) is 0 Å². The summed E-state index contributed by atoms with van der Waals surface area (Å²) in [6, 6.07) is 0. The van der Waals surface area contributed by atoms with Crippen LogP contribution in [0.4, 0.5) is 0 Å². The largest absolute Gasteiger partial charge is 0.393 e. The minimum absolute atomic E-state index is 0.0169. The topological polar surface area (TPSA) is 40.5 Å². The third-order valence-corrected chi connectivity index (χ3v) is 8.72. The predicted molar refractivity (Wildman–Crippen MR) is 118 cm³/mol. The van der Waals surface area contributed by atoms with Crippen molar-refractivity contribution in [1.82, 2.24) is 0 Å². The molecule has 2 heteroatoms. The Kier molecular flexibility index (Phi) is 7.48. The molecule has 3 rings (SSSR count). The van der Waals surface area contributed by atoms with Gasteiger partial charge in [-0.2, -0.15) is 0 Å². The van der Waals surface area contributed by atoms with Gasteiger partial charge in [0.05, 0.1) is 12.2 Å². The number of fused-ring (bicyclic) bond motifs is 1. The van der Waals surface area contributed by atoms with Gasteiger partial charge in [0, 0.05) is 5.92 Å². The van der Waals surface area contributed by atoms with Crippen LogP contribution in [0, 0.1) is 29.1 Å². The summed E-state index contributed by atoms with van der Waals surface area (Å²) >= 11 is 0. The molecule has 28 heavy (non-hydrogen) atoms. The molecule has 3 fully saturated rings. The van der Waals surface area contributed by atoms with Crippen molar-refractivity contribution >= 4 is 0 Å². The smallest absolute Gasteiger partial charge is 0.0627 e. The van der Waals surface area contributed by atoms with Crippen LogP contribution in [-0.4, -0.2) is 22.4 Å². The van der Waals surface area contributed by atoms with E-state index in [9.17, 15) is 10.2 Å². The maximum atomic E-state index is 10.4. The van der Waals surface area contributed by atoms with Crippen molar-refractivity contribution in [3.05, 3.63) is 23.3 Å². The molecule has 7 atom stereocenters. The number of aliphatic hydroxyl groups is 2. The molecule has 2 nitrogen and oxygen atoms in total. The van der Waals surface area contributed by atoms with Gasteiger partial charge in [-0.1, -0.05) is 70.3 Å². The summed E-state index contributed by atoms with van der Waals surface area (Å²) in [6.45, 7) is 9.38. The maximum Gasteiger partial charge on any atom is 0.0627 e. The van der Waals surface area contributed by atoms with E-state index in [1.54, 1.807) is 5.57 Å². The van der Waals surface area contributed by atoms with E-state index in [0.29, 0.717) is 5.41 Å². The molecule has 0 amide bonds. The van der Waals surface area contributed by atoms with Crippen LogP contribution in [0.5, 0.6) is 0 Å². The fourth-order valence-electron chi connectivity index (χ4n) is 6.73. The summed E-state index contributed by atoms with van der Waals surface area (Å²) in [4.78, 5) is 0. The predicted octanol–water partition coefficient (Wildman–Crippen LogP) is 6.42. The zero-order chi connectivity index (χ0) is 20.3. The third-order valence-electron chi connectivity index (χ3n) is 8.72. The first-order valence-electron chi connectivity index (χ1n) is 12.1. The molecular weight excluding hydrogens is 344 g/mol. The van der Waals surface area contributed by atoms with E-state index < -0.39 is 6.10 Å². The highest BCUT2D eigenvalue weighted by molar-refractivity contribution is 5.25. The number of hydrogen-bond donors (Lipinski definition) is 2. The molecule has 0 aliphatic heterocycles. The van der Waals surface area contributed by atoms with Gasteiger partial charge in [0.25, 0.3) is 0 Å². The van der Waals surface area contributed by atoms with E-state index in [0.717, 1.165) is 37.0 Å².